The fourth-order valence-electron chi connectivity index (χ4n) is 1.89. The van der Waals surface area contributed by atoms with Crippen molar-refractivity contribution in [2.45, 2.75) is 6.92 Å². The van der Waals surface area contributed by atoms with Crippen molar-refractivity contribution in [2.24, 2.45) is 0 Å². The normalized spacial score (nSPS) is 10.6. The third kappa shape index (κ3) is 2.46. The van der Waals surface area contributed by atoms with Crippen molar-refractivity contribution in [1.29, 1.82) is 0 Å². The van der Waals surface area contributed by atoms with E-state index in [1.807, 2.05) is 6.92 Å². The lowest BCUT2D eigenvalue weighted by Crippen LogP contribution is -2.14. The molecular formula is C13H10N6O3. The molecule has 1 aromatic carbocycles. The highest BCUT2D eigenvalue weighted by molar-refractivity contribution is 6.01. The minimum Gasteiger partial charge on any atom is -0.319 e. The molecule has 0 atom stereocenters. The summed E-state index contributed by atoms with van der Waals surface area (Å²) in [4.78, 5) is 30.3. The maximum atomic E-state index is 12.1. The van der Waals surface area contributed by atoms with E-state index in [0.29, 0.717) is 11.5 Å². The number of nitro groups is 1. The van der Waals surface area contributed by atoms with Gasteiger partial charge in [-0.25, -0.2) is 9.50 Å². The van der Waals surface area contributed by atoms with E-state index in [-0.39, 0.29) is 11.5 Å². The van der Waals surface area contributed by atoms with Gasteiger partial charge in [-0.2, -0.15) is 4.98 Å². The largest absolute Gasteiger partial charge is 0.319 e. The molecule has 2 heterocycles. The fourth-order valence-corrected chi connectivity index (χ4v) is 1.89. The van der Waals surface area contributed by atoms with Crippen LogP contribution in [-0.4, -0.2) is 30.4 Å². The monoisotopic (exact) mass is 298 g/mol. The second kappa shape index (κ2) is 5.20. The summed E-state index contributed by atoms with van der Waals surface area (Å²) in [5.41, 5.74) is 0.966. The van der Waals surface area contributed by atoms with Gasteiger partial charge in [0.2, 0.25) is 5.82 Å². The standard InChI is InChI=1S/C13H10N6O3/c1-8-5-6-14-13-16-11(17-18(8)13)12(20)15-9-3-2-4-10(7-9)19(21)22/h2-7H,1H3,(H,15,20). The molecule has 1 N–H and O–H groups in total. The molecule has 3 aromatic rings. The number of nitrogens with one attached hydrogen (secondary N) is 1. The summed E-state index contributed by atoms with van der Waals surface area (Å²) in [6.07, 6.45) is 1.57. The molecule has 0 aliphatic rings. The van der Waals surface area contributed by atoms with Gasteiger partial charge in [-0.05, 0) is 19.1 Å². The lowest BCUT2D eigenvalue weighted by Gasteiger charge is -2.01. The number of nitro benzene ring substituents is 1. The Morgan fingerprint density at radius 1 is 1.36 bits per heavy atom. The molecule has 0 unspecified atom stereocenters. The van der Waals surface area contributed by atoms with Crippen LogP contribution < -0.4 is 5.32 Å². The van der Waals surface area contributed by atoms with Gasteiger partial charge < -0.3 is 5.32 Å². The Labute approximate surface area is 123 Å². The number of fused-ring (bicyclic) bond motifs is 1. The minimum atomic E-state index is -0.564. The Balaban J connectivity index is 1.88. The van der Waals surface area contributed by atoms with E-state index in [4.69, 9.17) is 0 Å². The van der Waals surface area contributed by atoms with Gasteiger partial charge in [-0.15, -0.1) is 5.10 Å². The summed E-state index contributed by atoms with van der Waals surface area (Å²) in [6, 6.07) is 7.37. The van der Waals surface area contributed by atoms with Crippen LogP contribution in [0.15, 0.2) is 36.5 Å². The highest BCUT2D eigenvalue weighted by Gasteiger charge is 2.15. The second-order valence-corrected chi connectivity index (χ2v) is 4.49. The van der Waals surface area contributed by atoms with Crippen LogP contribution in [0.3, 0.4) is 0 Å². The molecule has 110 valence electrons. The van der Waals surface area contributed by atoms with Crippen LogP contribution in [0, 0.1) is 17.0 Å². The molecule has 9 heteroatoms. The summed E-state index contributed by atoms with van der Waals surface area (Å²) in [5.74, 6) is -0.317. The number of anilines is 1. The van der Waals surface area contributed by atoms with Gasteiger partial charge in [0.05, 0.1) is 4.92 Å². The van der Waals surface area contributed by atoms with Gasteiger partial charge in [0, 0.05) is 29.7 Å². The SMILES string of the molecule is Cc1ccnc2nc(C(=O)Nc3cccc([N+](=O)[O-])c3)nn12. The van der Waals surface area contributed by atoms with E-state index in [1.54, 1.807) is 18.3 Å². The molecule has 0 aliphatic heterocycles. The molecule has 0 bridgehead atoms. The molecule has 22 heavy (non-hydrogen) atoms. The summed E-state index contributed by atoms with van der Waals surface area (Å²) < 4.78 is 1.45. The number of amides is 1. The number of aryl methyl sites for hydroxylation is 1. The van der Waals surface area contributed by atoms with Crippen molar-refractivity contribution >= 4 is 23.1 Å². The number of benzene rings is 1. The number of non-ortho nitro benzene ring substituents is 1. The van der Waals surface area contributed by atoms with Crippen molar-refractivity contribution in [1.82, 2.24) is 19.6 Å². The molecule has 0 radical (unpaired) electrons. The number of nitrogens with zero attached hydrogens (tertiary/aromatic N) is 5. The number of hydrogen-bond donors (Lipinski definition) is 1. The summed E-state index contributed by atoms with van der Waals surface area (Å²) in [6.45, 7) is 1.81. The van der Waals surface area contributed by atoms with Gasteiger partial charge in [0.15, 0.2) is 0 Å². The van der Waals surface area contributed by atoms with E-state index >= 15 is 0 Å². The van der Waals surface area contributed by atoms with Crippen LogP contribution in [0.2, 0.25) is 0 Å². The molecule has 0 saturated carbocycles. The third-order valence-corrected chi connectivity index (χ3v) is 2.95. The van der Waals surface area contributed by atoms with Crippen molar-refractivity contribution in [3.05, 3.63) is 58.2 Å². The van der Waals surface area contributed by atoms with Crippen LogP contribution >= 0.6 is 0 Å². The zero-order valence-corrected chi connectivity index (χ0v) is 11.4. The van der Waals surface area contributed by atoms with Gasteiger partial charge in [-0.3, -0.25) is 14.9 Å². The molecule has 1 amide bonds. The topological polar surface area (TPSA) is 115 Å². The van der Waals surface area contributed by atoms with Crippen LogP contribution in [0.5, 0.6) is 0 Å². The quantitative estimate of drug-likeness (QED) is 0.580. The second-order valence-electron chi connectivity index (χ2n) is 4.49. The molecule has 9 nitrogen and oxygen atoms in total. The molecule has 0 spiro atoms. The van der Waals surface area contributed by atoms with Crippen LogP contribution in [0.1, 0.15) is 16.3 Å². The Morgan fingerprint density at radius 3 is 2.91 bits per heavy atom. The Kier molecular flexibility index (Phi) is 3.22. The molecular weight excluding hydrogens is 288 g/mol. The zero-order valence-electron chi connectivity index (χ0n) is 11.4. The predicted octanol–water partition coefficient (Wildman–Crippen LogP) is 1.59. The van der Waals surface area contributed by atoms with E-state index < -0.39 is 10.8 Å². The van der Waals surface area contributed by atoms with Crippen molar-refractivity contribution in [3.8, 4) is 0 Å². The Morgan fingerprint density at radius 2 is 2.18 bits per heavy atom. The minimum absolute atomic E-state index is 0.0618. The van der Waals surface area contributed by atoms with Gasteiger partial charge in [0.1, 0.15) is 0 Å². The first-order valence-corrected chi connectivity index (χ1v) is 6.29. The van der Waals surface area contributed by atoms with E-state index in [2.05, 4.69) is 20.4 Å². The maximum absolute atomic E-state index is 12.1. The summed E-state index contributed by atoms with van der Waals surface area (Å²) in [7, 11) is 0. The number of rotatable bonds is 3. The molecule has 0 aliphatic carbocycles. The lowest BCUT2D eigenvalue weighted by molar-refractivity contribution is -0.384. The van der Waals surface area contributed by atoms with Crippen LogP contribution in [0.4, 0.5) is 11.4 Å². The molecule has 0 fully saturated rings. The molecule has 3 rings (SSSR count). The Bertz CT molecular complexity index is 888. The predicted molar refractivity (Wildman–Crippen MR) is 76.6 cm³/mol. The van der Waals surface area contributed by atoms with Crippen molar-refractivity contribution in [3.63, 3.8) is 0 Å². The highest BCUT2D eigenvalue weighted by atomic mass is 16.6. The molecule has 2 aromatic heterocycles. The maximum Gasteiger partial charge on any atom is 0.295 e. The van der Waals surface area contributed by atoms with Gasteiger partial charge >= 0.3 is 0 Å². The number of carbonyl (C=O) groups excluding carboxylic acids is 1. The van der Waals surface area contributed by atoms with E-state index in [9.17, 15) is 14.9 Å². The smallest absolute Gasteiger partial charge is 0.295 e. The van der Waals surface area contributed by atoms with Gasteiger partial charge in [0.25, 0.3) is 17.4 Å². The summed E-state index contributed by atoms with van der Waals surface area (Å²) in [5, 5.41) is 17.3. The van der Waals surface area contributed by atoms with Gasteiger partial charge in [-0.1, -0.05) is 6.07 Å². The first kappa shape index (κ1) is 13.6. The van der Waals surface area contributed by atoms with E-state index in [1.165, 1.54) is 22.7 Å². The average molecular weight is 298 g/mol. The number of hydrogen-bond acceptors (Lipinski definition) is 6. The average Bonchev–Trinajstić information content (AvgIpc) is 2.93. The zero-order chi connectivity index (χ0) is 15.7. The number of carbonyl (C=O) groups is 1. The lowest BCUT2D eigenvalue weighted by atomic mass is 10.3. The third-order valence-electron chi connectivity index (χ3n) is 2.95. The van der Waals surface area contributed by atoms with E-state index in [0.717, 1.165) is 5.69 Å². The molecule has 0 saturated heterocycles. The van der Waals surface area contributed by atoms with Crippen LogP contribution in [-0.2, 0) is 0 Å². The summed E-state index contributed by atoms with van der Waals surface area (Å²) >= 11 is 0. The Hall–Kier alpha value is -3.36. The van der Waals surface area contributed by atoms with Crippen molar-refractivity contribution in [2.75, 3.05) is 5.32 Å². The fraction of sp³-hybridized carbons (Fsp3) is 0.0769. The van der Waals surface area contributed by atoms with Crippen molar-refractivity contribution < 1.29 is 9.72 Å². The highest BCUT2D eigenvalue weighted by Crippen LogP contribution is 2.17. The van der Waals surface area contributed by atoms with Crippen LogP contribution in [0.25, 0.3) is 5.78 Å². The number of aromatic nitrogens is 4. The first-order valence-electron chi connectivity index (χ1n) is 6.29. The first-order chi connectivity index (χ1) is 10.5.